The lowest BCUT2D eigenvalue weighted by Crippen LogP contribution is -2.37. The first-order valence-corrected chi connectivity index (χ1v) is 11.3. The Labute approximate surface area is 198 Å². The number of aromatic hydroxyl groups is 1. The molecule has 1 aliphatic heterocycles. The third-order valence-electron chi connectivity index (χ3n) is 5.63. The minimum absolute atomic E-state index is 0.0532. The smallest absolute Gasteiger partial charge is 0.252 e. The summed E-state index contributed by atoms with van der Waals surface area (Å²) >= 11 is 6.46. The number of benzene rings is 2. The zero-order valence-corrected chi connectivity index (χ0v) is 19.0. The SMILES string of the molecule is NC(=O)c1cc(-c2cc(-c3ccccc3Cl)cc(NCCCN3CCOCC3)n2)ccc1O. The molecule has 4 rings (SSSR count). The number of amides is 1. The second kappa shape index (κ2) is 10.7. The van der Waals surface area contributed by atoms with Crippen LogP contribution < -0.4 is 11.1 Å². The molecule has 0 atom stereocenters. The van der Waals surface area contributed by atoms with Crippen molar-refractivity contribution in [2.24, 2.45) is 5.73 Å². The number of carbonyl (C=O) groups excluding carboxylic acids is 1. The summed E-state index contributed by atoms with van der Waals surface area (Å²) in [6, 6.07) is 16.2. The van der Waals surface area contributed by atoms with E-state index in [4.69, 9.17) is 27.1 Å². The van der Waals surface area contributed by atoms with Crippen LogP contribution in [-0.4, -0.2) is 60.3 Å². The number of morpholine rings is 1. The van der Waals surface area contributed by atoms with Crippen molar-refractivity contribution in [1.29, 1.82) is 0 Å². The number of carbonyl (C=O) groups is 1. The number of rotatable bonds is 8. The van der Waals surface area contributed by atoms with Crippen molar-refractivity contribution in [2.75, 3.05) is 44.7 Å². The molecular formula is C25H27ClN4O3. The second-order valence-electron chi connectivity index (χ2n) is 7.94. The predicted molar refractivity (Wildman–Crippen MR) is 131 cm³/mol. The number of nitrogens with one attached hydrogen (secondary N) is 1. The molecule has 4 N–H and O–H groups in total. The van der Waals surface area contributed by atoms with Crippen molar-refractivity contribution in [2.45, 2.75) is 6.42 Å². The van der Waals surface area contributed by atoms with E-state index in [1.807, 2.05) is 36.4 Å². The second-order valence-corrected chi connectivity index (χ2v) is 8.34. The van der Waals surface area contributed by atoms with Crippen LogP contribution in [0.25, 0.3) is 22.4 Å². The number of hydrogen-bond donors (Lipinski definition) is 3. The molecule has 0 saturated carbocycles. The number of aromatic nitrogens is 1. The predicted octanol–water partition coefficient (Wildman–Crippen LogP) is 4.01. The molecule has 0 unspecified atom stereocenters. The van der Waals surface area contributed by atoms with Gasteiger partial charge in [0, 0.05) is 35.8 Å². The van der Waals surface area contributed by atoms with Crippen LogP contribution >= 0.6 is 11.6 Å². The molecule has 1 saturated heterocycles. The molecule has 1 aliphatic rings. The van der Waals surface area contributed by atoms with E-state index >= 15 is 0 Å². The minimum Gasteiger partial charge on any atom is -0.507 e. The van der Waals surface area contributed by atoms with Crippen LogP contribution in [-0.2, 0) is 4.74 Å². The summed E-state index contributed by atoms with van der Waals surface area (Å²) in [4.78, 5) is 18.9. The van der Waals surface area contributed by atoms with Crippen molar-refractivity contribution in [1.82, 2.24) is 9.88 Å². The molecular weight excluding hydrogens is 440 g/mol. The molecule has 2 aromatic carbocycles. The maximum atomic E-state index is 11.7. The van der Waals surface area contributed by atoms with E-state index in [2.05, 4.69) is 10.2 Å². The minimum atomic E-state index is -0.696. The van der Waals surface area contributed by atoms with Crippen LogP contribution in [0.3, 0.4) is 0 Å². The van der Waals surface area contributed by atoms with Crippen molar-refractivity contribution >= 4 is 23.3 Å². The normalized spacial score (nSPS) is 14.2. The maximum absolute atomic E-state index is 11.7. The highest BCUT2D eigenvalue weighted by Crippen LogP contribution is 2.33. The van der Waals surface area contributed by atoms with Gasteiger partial charge in [0.1, 0.15) is 11.6 Å². The molecule has 172 valence electrons. The third kappa shape index (κ3) is 5.82. The van der Waals surface area contributed by atoms with E-state index in [-0.39, 0.29) is 11.3 Å². The van der Waals surface area contributed by atoms with Gasteiger partial charge in [0.15, 0.2) is 0 Å². The van der Waals surface area contributed by atoms with Gasteiger partial charge >= 0.3 is 0 Å². The molecule has 33 heavy (non-hydrogen) atoms. The van der Waals surface area contributed by atoms with Gasteiger partial charge < -0.3 is 20.9 Å². The number of primary amides is 1. The number of anilines is 1. The summed E-state index contributed by atoms with van der Waals surface area (Å²) in [7, 11) is 0. The van der Waals surface area contributed by atoms with Gasteiger partial charge in [0.05, 0.1) is 24.5 Å². The molecule has 3 aromatic rings. The first-order chi connectivity index (χ1) is 16.0. The topological polar surface area (TPSA) is 101 Å². The molecule has 0 aliphatic carbocycles. The Hall–Kier alpha value is -3.13. The number of pyridine rings is 1. The first kappa shape index (κ1) is 23.0. The van der Waals surface area contributed by atoms with Crippen LogP contribution in [0.4, 0.5) is 5.82 Å². The average molecular weight is 467 g/mol. The van der Waals surface area contributed by atoms with Crippen molar-refractivity contribution < 1.29 is 14.6 Å². The van der Waals surface area contributed by atoms with Gasteiger partial charge in [-0.05, 0) is 54.9 Å². The number of halogens is 1. The third-order valence-corrected chi connectivity index (χ3v) is 5.96. The molecule has 0 radical (unpaired) electrons. The Morgan fingerprint density at radius 3 is 2.67 bits per heavy atom. The fourth-order valence-corrected chi connectivity index (χ4v) is 4.10. The first-order valence-electron chi connectivity index (χ1n) is 11.0. The van der Waals surface area contributed by atoms with Crippen LogP contribution in [0.2, 0.25) is 5.02 Å². The van der Waals surface area contributed by atoms with Crippen LogP contribution in [0.5, 0.6) is 5.75 Å². The van der Waals surface area contributed by atoms with Gasteiger partial charge in [0.25, 0.3) is 5.91 Å². The van der Waals surface area contributed by atoms with Crippen molar-refractivity contribution in [3.05, 3.63) is 65.2 Å². The summed E-state index contributed by atoms with van der Waals surface area (Å²) in [5.74, 6) is -0.147. The summed E-state index contributed by atoms with van der Waals surface area (Å²) in [5, 5.41) is 14.0. The Morgan fingerprint density at radius 1 is 1.12 bits per heavy atom. The number of nitrogens with two attached hydrogens (primary N) is 1. The standard InChI is InChI=1S/C25H27ClN4O3/c26-21-5-2-1-4-19(21)18-15-22(17-6-7-23(31)20(14-17)25(27)32)29-24(16-18)28-8-3-9-30-10-12-33-13-11-30/h1-2,4-7,14-16,31H,3,8-13H2,(H2,27,32)(H,28,29). The molecule has 7 nitrogen and oxygen atoms in total. The zero-order chi connectivity index (χ0) is 23.2. The zero-order valence-electron chi connectivity index (χ0n) is 18.3. The molecule has 1 aromatic heterocycles. The van der Waals surface area contributed by atoms with E-state index in [0.717, 1.165) is 56.9 Å². The quantitative estimate of drug-likeness (QED) is 0.434. The number of nitrogens with zero attached hydrogens (tertiary/aromatic N) is 2. The van der Waals surface area contributed by atoms with E-state index < -0.39 is 5.91 Å². The largest absolute Gasteiger partial charge is 0.507 e. The Kier molecular flexibility index (Phi) is 7.44. The lowest BCUT2D eigenvalue weighted by atomic mass is 10.0. The number of hydrogen-bond acceptors (Lipinski definition) is 6. The van der Waals surface area contributed by atoms with Crippen molar-refractivity contribution in [3.8, 4) is 28.1 Å². The molecule has 8 heteroatoms. The summed E-state index contributed by atoms with van der Waals surface area (Å²) < 4.78 is 5.40. The van der Waals surface area contributed by atoms with Crippen LogP contribution in [0.1, 0.15) is 16.8 Å². The molecule has 0 spiro atoms. The summed E-state index contributed by atoms with van der Waals surface area (Å²) in [6.45, 7) is 5.27. The van der Waals surface area contributed by atoms with E-state index in [0.29, 0.717) is 22.1 Å². The monoisotopic (exact) mass is 466 g/mol. The van der Waals surface area contributed by atoms with Crippen LogP contribution in [0, 0.1) is 0 Å². The van der Waals surface area contributed by atoms with Crippen LogP contribution in [0.15, 0.2) is 54.6 Å². The van der Waals surface area contributed by atoms with E-state index in [1.54, 1.807) is 12.1 Å². The van der Waals surface area contributed by atoms with Gasteiger partial charge in [-0.2, -0.15) is 0 Å². The van der Waals surface area contributed by atoms with Gasteiger partial charge in [-0.1, -0.05) is 29.8 Å². The fraction of sp³-hybridized carbons (Fsp3) is 0.280. The average Bonchev–Trinajstić information content (AvgIpc) is 2.83. The van der Waals surface area contributed by atoms with Gasteiger partial charge in [0.2, 0.25) is 0 Å². The van der Waals surface area contributed by atoms with Gasteiger partial charge in [-0.3, -0.25) is 9.69 Å². The fourth-order valence-electron chi connectivity index (χ4n) is 3.86. The Morgan fingerprint density at radius 2 is 1.91 bits per heavy atom. The summed E-state index contributed by atoms with van der Waals surface area (Å²) in [5.41, 5.74) is 8.56. The highest BCUT2D eigenvalue weighted by Gasteiger charge is 2.14. The van der Waals surface area contributed by atoms with Crippen molar-refractivity contribution in [3.63, 3.8) is 0 Å². The Balaban J connectivity index is 1.61. The highest BCUT2D eigenvalue weighted by molar-refractivity contribution is 6.33. The molecule has 2 heterocycles. The van der Waals surface area contributed by atoms with Gasteiger partial charge in [-0.15, -0.1) is 0 Å². The van der Waals surface area contributed by atoms with E-state index in [1.165, 1.54) is 6.07 Å². The molecule has 1 amide bonds. The van der Waals surface area contributed by atoms with E-state index in [9.17, 15) is 9.90 Å². The summed E-state index contributed by atoms with van der Waals surface area (Å²) in [6.07, 6.45) is 0.971. The number of phenols is 1. The molecule has 0 bridgehead atoms. The number of ether oxygens (including phenoxy) is 1. The molecule has 1 fully saturated rings. The maximum Gasteiger partial charge on any atom is 0.252 e. The van der Waals surface area contributed by atoms with Gasteiger partial charge in [-0.25, -0.2) is 4.98 Å². The Bertz CT molecular complexity index is 1130. The lowest BCUT2D eigenvalue weighted by molar-refractivity contribution is 0.0378. The highest BCUT2D eigenvalue weighted by atomic mass is 35.5. The lowest BCUT2D eigenvalue weighted by Gasteiger charge is -2.26.